The normalized spacial score (nSPS) is 16.5. The molecule has 254 valence electrons. The number of rotatable bonds is 12. The van der Waals surface area contributed by atoms with E-state index in [-0.39, 0.29) is 30.3 Å². The first-order valence-corrected chi connectivity index (χ1v) is 15.7. The molecule has 0 N–H and O–H groups in total. The number of piperidine rings is 1. The van der Waals surface area contributed by atoms with Crippen molar-refractivity contribution in [3.63, 3.8) is 0 Å². The maximum Gasteiger partial charge on any atom is 0.573 e. The molecule has 0 unspecified atom stereocenters. The number of alkyl halides is 3. The standard InChI is InChI=1S/C34H36F3N5O6/c1-39(26-4-10-28(11-5-26)45-22-25-2-8-30(9-3-25)48-34(35,36)37)20-24-14-17-40(18-15-24)27-6-12-29(13-7-27)46-23-31-16-19-41-21-32(42(43)44)38-33(41)47-31/h2-13,21,24,31H,14-20,22-23H2,1H3/t31-/m1/s1. The van der Waals surface area contributed by atoms with Gasteiger partial charge in [-0.25, -0.2) is 0 Å². The summed E-state index contributed by atoms with van der Waals surface area (Å²) in [4.78, 5) is 19.0. The van der Waals surface area contributed by atoms with Gasteiger partial charge in [0.2, 0.25) is 0 Å². The van der Waals surface area contributed by atoms with Crippen LogP contribution in [0, 0.1) is 16.0 Å². The molecular formula is C34H36F3N5O6. The molecule has 11 nitrogen and oxygen atoms in total. The molecule has 1 saturated heterocycles. The van der Waals surface area contributed by atoms with Gasteiger partial charge in [-0.05, 0) is 89.9 Å². The minimum absolute atomic E-state index is 0.218. The minimum atomic E-state index is -4.71. The zero-order chi connectivity index (χ0) is 33.7. The molecular weight excluding hydrogens is 631 g/mol. The minimum Gasteiger partial charge on any atom is -0.490 e. The number of imidazole rings is 1. The van der Waals surface area contributed by atoms with Crippen LogP contribution >= 0.6 is 0 Å². The van der Waals surface area contributed by atoms with Crippen LogP contribution in [0.15, 0.2) is 79.0 Å². The molecule has 0 radical (unpaired) electrons. The van der Waals surface area contributed by atoms with E-state index in [1.807, 2.05) is 36.4 Å². The molecule has 3 heterocycles. The second-order valence-electron chi connectivity index (χ2n) is 12.0. The summed E-state index contributed by atoms with van der Waals surface area (Å²) in [5.74, 6) is 1.49. The summed E-state index contributed by atoms with van der Waals surface area (Å²) in [6.07, 6.45) is -0.731. The predicted octanol–water partition coefficient (Wildman–Crippen LogP) is 6.85. The number of hydrogen-bond donors (Lipinski definition) is 0. The van der Waals surface area contributed by atoms with E-state index in [2.05, 4.69) is 38.7 Å². The monoisotopic (exact) mass is 667 g/mol. The molecule has 1 fully saturated rings. The molecule has 0 amide bonds. The van der Waals surface area contributed by atoms with Crippen LogP contribution in [0.25, 0.3) is 0 Å². The van der Waals surface area contributed by atoms with Gasteiger partial charge in [-0.15, -0.1) is 13.2 Å². The first-order valence-electron chi connectivity index (χ1n) is 15.7. The van der Waals surface area contributed by atoms with Gasteiger partial charge in [0.15, 0.2) is 0 Å². The molecule has 4 aromatic rings. The summed E-state index contributed by atoms with van der Waals surface area (Å²) in [5, 5.41) is 11.0. The maximum atomic E-state index is 12.4. The molecule has 0 saturated carbocycles. The van der Waals surface area contributed by atoms with Gasteiger partial charge in [0.05, 0.1) is 0 Å². The van der Waals surface area contributed by atoms with Crippen molar-refractivity contribution < 1.29 is 37.0 Å². The summed E-state index contributed by atoms with van der Waals surface area (Å²) < 4.78 is 60.2. The summed E-state index contributed by atoms with van der Waals surface area (Å²) in [5.41, 5.74) is 2.97. The summed E-state index contributed by atoms with van der Waals surface area (Å²) in [6.45, 7) is 4.01. The number of fused-ring (bicyclic) bond motifs is 1. The third kappa shape index (κ3) is 8.60. The number of anilines is 2. The zero-order valence-electron chi connectivity index (χ0n) is 26.3. The van der Waals surface area contributed by atoms with E-state index in [1.54, 1.807) is 16.7 Å². The van der Waals surface area contributed by atoms with Crippen LogP contribution in [-0.2, 0) is 13.2 Å². The molecule has 48 heavy (non-hydrogen) atoms. The molecule has 3 aromatic carbocycles. The number of halogens is 3. The third-order valence-corrected chi connectivity index (χ3v) is 8.50. The molecule has 0 bridgehead atoms. The van der Waals surface area contributed by atoms with Crippen LogP contribution in [0.2, 0.25) is 0 Å². The topological polar surface area (TPSA) is 104 Å². The highest BCUT2D eigenvalue weighted by molar-refractivity contribution is 5.50. The van der Waals surface area contributed by atoms with Crippen molar-refractivity contribution in [1.82, 2.24) is 9.55 Å². The molecule has 2 aliphatic rings. The number of ether oxygens (including phenoxy) is 4. The first-order chi connectivity index (χ1) is 23.1. The van der Waals surface area contributed by atoms with Crippen molar-refractivity contribution in [3.8, 4) is 23.3 Å². The highest BCUT2D eigenvalue weighted by Gasteiger charge is 2.31. The van der Waals surface area contributed by atoms with E-state index in [1.165, 1.54) is 18.3 Å². The summed E-state index contributed by atoms with van der Waals surface area (Å²) in [6, 6.07) is 21.8. The maximum absolute atomic E-state index is 12.4. The van der Waals surface area contributed by atoms with Crippen LogP contribution < -0.4 is 28.7 Å². The Morgan fingerprint density at radius 3 is 2.23 bits per heavy atom. The van der Waals surface area contributed by atoms with Crippen molar-refractivity contribution in [3.05, 3.63) is 94.7 Å². The lowest BCUT2D eigenvalue weighted by Gasteiger charge is -2.35. The fourth-order valence-corrected chi connectivity index (χ4v) is 5.90. The van der Waals surface area contributed by atoms with Gasteiger partial charge in [-0.1, -0.05) is 12.1 Å². The Morgan fingerprint density at radius 1 is 0.917 bits per heavy atom. The molecule has 1 aromatic heterocycles. The summed E-state index contributed by atoms with van der Waals surface area (Å²) >= 11 is 0. The molecule has 14 heteroatoms. The third-order valence-electron chi connectivity index (χ3n) is 8.50. The Hall–Kier alpha value is -5.14. The second-order valence-corrected chi connectivity index (χ2v) is 12.0. The quantitative estimate of drug-likeness (QED) is 0.119. The van der Waals surface area contributed by atoms with E-state index in [9.17, 15) is 23.3 Å². The summed E-state index contributed by atoms with van der Waals surface area (Å²) in [7, 11) is 2.09. The molecule has 2 aliphatic heterocycles. The van der Waals surface area contributed by atoms with Crippen molar-refractivity contribution in [2.45, 2.75) is 44.9 Å². The van der Waals surface area contributed by atoms with Gasteiger partial charge in [0.25, 0.3) is 0 Å². The van der Waals surface area contributed by atoms with Crippen LogP contribution in [0.4, 0.5) is 30.4 Å². The van der Waals surface area contributed by atoms with Gasteiger partial charge in [-0.2, -0.15) is 0 Å². The Labute approximate surface area is 275 Å². The van der Waals surface area contributed by atoms with Crippen LogP contribution in [-0.4, -0.2) is 60.2 Å². The Bertz CT molecular complexity index is 1660. The lowest BCUT2D eigenvalue weighted by molar-refractivity contribution is -0.389. The van der Waals surface area contributed by atoms with Crippen LogP contribution in [0.3, 0.4) is 0 Å². The van der Waals surface area contributed by atoms with Crippen molar-refractivity contribution in [1.29, 1.82) is 0 Å². The van der Waals surface area contributed by atoms with E-state index < -0.39 is 11.3 Å². The highest BCUT2D eigenvalue weighted by atomic mass is 19.4. The fourth-order valence-electron chi connectivity index (χ4n) is 5.90. The predicted molar refractivity (Wildman–Crippen MR) is 172 cm³/mol. The Balaban J connectivity index is 0.904. The van der Waals surface area contributed by atoms with E-state index in [0.29, 0.717) is 31.2 Å². The van der Waals surface area contributed by atoms with Gasteiger partial charge in [-0.3, -0.25) is 4.57 Å². The van der Waals surface area contributed by atoms with E-state index in [4.69, 9.17) is 14.2 Å². The number of nitro groups is 1. The number of hydrogen-bond acceptors (Lipinski definition) is 9. The number of aryl methyl sites for hydroxylation is 1. The largest absolute Gasteiger partial charge is 0.573 e. The van der Waals surface area contributed by atoms with Gasteiger partial charge < -0.3 is 38.9 Å². The fraction of sp³-hybridized carbons (Fsp3) is 0.382. The number of aromatic nitrogens is 2. The SMILES string of the molecule is CN(CC1CCN(c2ccc(OC[C@H]3CCn4cc([N+](=O)[O-])nc4O3)cc2)CC1)c1ccc(OCc2ccc(OC(F)(F)F)cc2)cc1. The lowest BCUT2D eigenvalue weighted by Crippen LogP contribution is -2.37. The van der Waals surface area contributed by atoms with E-state index in [0.717, 1.165) is 55.2 Å². The Kier molecular flexibility index (Phi) is 9.78. The van der Waals surface area contributed by atoms with E-state index >= 15 is 0 Å². The highest BCUT2D eigenvalue weighted by Crippen LogP contribution is 2.29. The van der Waals surface area contributed by atoms with Crippen molar-refractivity contribution in [2.24, 2.45) is 5.92 Å². The molecule has 1 atom stereocenters. The van der Waals surface area contributed by atoms with Crippen molar-refractivity contribution in [2.75, 3.05) is 43.1 Å². The van der Waals surface area contributed by atoms with Crippen molar-refractivity contribution >= 4 is 17.2 Å². The zero-order valence-corrected chi connectivity index (χ0v) is 26.3. The van der Waals surface area contributed by atoms with Gasteiger partial charge in [0.1, 0.15) is 42.8 Å². The van der Waals surface area contributed by atoms with Crippen LogP contribution in [0.5, 0.6) is 23.3 Å². The average molecular weight is 668 g/mol. The average Bonchev–Trinajstić information content (AvgIpc) is 3.51. The lowest BCUT2D eigenvalue weighted by atomic mass is 9.95. The smallest absolute Gasteiger partial charge is 0.490 e. The molecule has 0 spiro atoms. The first kappa shape index (κ1) is 32.8. The molecule has 0 aliphatic carbocycles. The number of nitrogens with zero attached hydrogens (tertiary/aromatic N) is 5. The molecule has 6 rings (SSSR count). The van der Waals surface area contributed by atoms with Crippen LogP contribution in [0.1, 0.15) is 24.8 Å². The number of benzene rings is 3. The second kappa shape index (κ2) is 14.3. The van der Waals surface area contributed by atoms with Gasteiger partial charge >= 0.3 is 18.2 Å². The van der Waals surface area contributed by atoms with Gasteiger partial charge in [0, 0.05) is 56.0 Å². The Morgan fingerprint density at radius 2 is 1.56 bits per heavy atom.